The predicted octanol–water partition coefficient (Wildman–Crippen LogP) is 1.98. The van der Waals surface area contributed by atoms with Crippen LogP contribution in [0.4, 0.5) is 0 Å². The molecule has 0 atom stereocenters. The number of aryl methyl sites for hydroxylation is 1. The molecule has 0 aliphatic carbocycles. The fourth-order valence-corrected chi connectivity index (χ4v) is 2.07. The molecule has 0 unspecified atom stereocenters. The molecule has 0 aliphatic heterocycles. The van der Waals surface area contributed by atoms with Gasteiger partial charge in [0.25, 0.3) is 0 Å². The summed E-state index contributed by atoms with van der Waals surface area (Å²) in [7, 11) is 1.75. The van der Waals surface area contributed by atoms with Crippen LogP contribution in [-0.4, -0.2) is 28.2 Å². The number of nitrogens with zero attached hydrogens (tertiary/aromatic N) is 3. The second-order valence-electron chi connectivity index (χ2n) is 4.68. The SMILES string of the molecule is CNC(=S)N/N=C\c1c(C)nn(Cc2ccccc2)c1C. The fraction of sp³-hybridized carbons (Fsp3) is 0.267. The Morgan fingerprint density at radius 3 is 2.71 bits per heavy atom. The van der Waals surface area contributed by atoms with E-state index < -0.39 is 0 Å². The van der Waals surface area contributed by atoms with E-state index >= 15 is 0 Å². The van der Waals surface area contributed by atoms with Crippen molar-refractivity contribution in [2.24, 2.45) is 5.10 Å². The van der Waals surface area contributed by atoms with Gasteiger partial charge in [0.15, 0.2) is 5.11 Å². The minimum Gasteiger partial charge on any atom is -0.364 e. The number of hydrogen-bond donors (Lipinski definition) is 2. The lowest BCUT2D eigenvalue weighted by atomic mass is 10.2. The van der Waals surface area contributed by atoms with Gasteiger partial charge in [0.05, 0.1) is 18.5 Å². The van der Waals surface area contributed by atoms with Crippen molar-refractivity contribution >= 4 is 23.5 Å². The molecule has 0 amide bonds. The lowest BCUT2D eigenvalue weighted by Crippen LogP contribution is -2.28. The maximum atomic E-state index is 4.97. The Morgan fingerprint density at radius 1 is 1.33 bits per heavy atom. The molecule has 2 rings (SSSR count). The van der Waals surface area contributed by atoms with Crippen molar-refractivity contribution < 1.29 is 0 Å². The van der Waals surface area contributed by atoms with Crippen LogP contribution < -0.4 is 10.7 Å². The van der Waals surface area contributed by atoms with Crippen molar-refractivity contribution in [3.8, 4) is 0 Å². The molecule has 1 heterocycles. The van der Waals surface area contributed by atoms with Gasteiger partial charge in [0.2, 0.25) is 0 Å². The second kappa shape index (κ2) is 6.99. The van der Waals surface area contributed by atoms with Crippen molar-refractivity contribution in [2.45, 2.75) is 20.4 Å². The smallest absolute Gasteiger partial charge is 0.186 e. The van der Waals surface area contributed by atoms with E-state index in [9.17, 15) is 0 Å². The van der Waals surface area contributed by atoms with E-state index in [2.05, 4.69) is 33.1 Å². The second-order valence-corrected chi connectivity index (χ2v) is 5.09. The molecule has 1 aromatic heterocycles. The molecule has 2 N–H and O–H groups in total. The average Bonchev–Trinajstić information content (AvgIpc) is 2.75. The van der Waals surface area contributed by atoms with Crippen molar-refractivity contribution in [3.05, 3.63) is 52.8 Å². The van der Waals surface area contributed by atoms with Crippen LogP contribution in [0.25, 0.3) is 0 Å². The fourth-order valence-electron chi connectivity index (χ4n) is 2.02. The summed E-state index contributed by atoms with van der Waals surface area (Å²) in [6, 6.07) is 10.3. The van der Waals surface area contributed by atoms with Crippen LogP contribution >= 0.6 is 12.2 Å². The van der Waals surface area contributed by atoms with E-state index in [1.54, 1.807) is 13.3 Å². The van der Waals surface area contributed by atoms with E-state index in [0.717, 1.165) is 23.5 Å². The highest BCUT2D eigenvalue weighted by Crippen LogP contribution is 2.12. The standard InChI is InChI=1S/C15H19N5S/c1-11-14(9-17-18-15(21)16-3)12(2)20(19-11)10-13-7-5-4-6-8-13/h4-9H,10H2,1-3H3,(H2,16,18,21)/b17-9-. The number of hydrazone groups is 1. The Labute approximate surface area is 130 Å². The monoisotopic (exact) mass is 301 g/mol. The first-order valence-electron chi connectivity index (χ1n) is 6.70. The quantitative estimate of drug-likeness (QED) is 0.515. The molecule has 0 saturated carbocycles. The van der Waals surface area contributed by atoms with E-state index in [4.69, 9.17) is 12.2 Å². The largest absolute Gasteiger partial charge is 0.364 e. The molecule has 6 heteroatoms. The third-order valence-electron chi connectivity index (χ3n) is 3.20. The van der Waals surface area contributed by atoms with Crippen LogP contribution in [0, 0.1) is 13.8 Å². The number of hydrogen-bond acceptors (Lipinski definition) is 3. The van der Waals surface area contributed by atoms with Gasteiger partial charge in [0.1, 0.15) is 0 Å². The lowest BCUT2D eigenvalue weighted by Gasteiger charge is -2.04. The van der Waals surface area contributed by atoms with Crippen LogP contribution in [0.1, 0.15) is 22.5 Å². The molecular weight excluding hydrogens is 282 g/mol. The van der Waals surface area contributed by atoms with Crippen LogP contribution in [0.2, 0.25) is 0 Å². The van der Waals surface area contributed by atoms with Crippen molar-refractivity contribution in [2.75, 3.05) is 7.05 Å². The average molecular weight is 301 g/mol. The van der Waals surface area contributed by atoms with Gasteiger partial charge in [-0.15, -0.1) is 0 Å². The van der Waals surface area contributed by atoms with Gasteiger partial charge in [0, 0.05) is 18.3 Å². The highest BCUT2D eigenvalue weighted by molar-refractivity contribution is 7.80. The van der Waals surface area contributed by atoms with Gasteiger partial charge in [-0.2, -0.15) is 10.2 Å². The third kappa shape index (κ3) is 3.88. The predicted molar refractivity (Wildman–Crippen MR) is 89.6 cm³/mol. The first-order chi connectivity index (χ1) is 10.1. The Bertz CT molecular complexity index is 646. The van der Waals surface area contributed by atoms with Gasteiger partial charge in [-0.3, -0.25) is 10.1 Å². The Morgan fingerprint density at radius 2 is 2.05 bits per heavy atom. The Balaban J connectivity index is 2.16. The minimum atomic E-state index is 0.484. The molecule has 0 fully saturated rings. The van der Waals surface area contributed by atoms with Gasteiger partial charge in [-0.1, -0.05) is 30.3 Å². The van der Waals surface area contributed by atoms with Crippen LogP contribution in [-0.2, 0) is 6.54 Å². The first kappa shape index (κ1) is 15.2. The molecule has 21 heavy (non-hydrogen) atoms. The van der Waals surface area contributed by atoms with Crippen molar-refractivity contribution in [1.29, 1.82) is 0 Å². The number of rotatable bonds is 4. The molecule has 0 radical (unpaired) electrons. The molecule has 5 nitrogen and oxygen atoms in total. The van der Waals surface area contributed by atoms with Crippen molar-refractivity contribution in [1.82, 2.24) is 20.5 Å². The first-order valence-corrected chi connectivity index (χ1v) is 7.11. The summed E-state index contributed by atoms with van der Waals surface area (Å²) in [5.74, 6) is 0. The summed E-state index contributed by atoms with van der Waals surface area (Å²) in [6.45, 7) is 4.77. The van der Waals surface area contributed by atoms with E-state index in [1.807, 2.05) is 36.7 Å². The zero-order chi connectivity index (χ0) is 15.2. The number of benzene rings is 1. The molecule has 110 valence electrons. The lowest BCUT2D eigenvalue weighted by molar-refractivity contribution is 0.659. The minimum absolute atomic E-state index is 0.484. The highest BCUT2D eigenvalue weighted by atomic mass is 32.1. The summed E-state index contributed by atoms with van der Waals surface area (Å²) < 4.78 is 1.99. The van der Waals surface area contributed by atoms with E-state index in [-0.39, 0.29) is 0 Å². The van der Waals surface area contributed by atoms with Gasteiger partial charge < -0.3 is 5.32 Å². The van der Waals surface area contributed by atoms with Gasteiger partial charge >= 0.3 is 0 Å². The Hall–Kier alpha value is -2.21. The number of nitrogens with one attached hydrogen (secondary N) is 2. The summed E-state index contributed by atoms with van der Waals surface area (Å²) in [4.78, 5) is 0. The van der Waals surface area contributed by atoms with Crippen molar-refractivity contribution in [3.63, 3.8) is 0 Å². The molecule has 0 bridgehead atoms. The molecule has 0 aliphatic rings. The van der Waals surface area contributed by atoms with Crippen LogP contribution in [0.15, 0.2) is 35.4 Å². The zero-order valence-corrected chi connectivity index (χ0v) is 13.2. The zero-order valence-electron chi connectivity index (χ0n) is 12.4. The van der Waals surface area contributed by atoms with Crippen LogP contribution in [0.5, 0.6) is 0 Å². The van der Waals surface area contributed by atoms with E-state index in [1.165, 1.54) is 5.56 Å². The molecule has 2 aromatic rings. The molecule has 0 spiro atoms. The van der Waals surface area contributed by atoms with Gasteiger partial charge in [-0.05, 0) is 31.6 Å². The molecular formula is C15H19N5S. The third-order valence-corrected chi connectivity index (χ3v) is 3.49. The van der Waals surface area contributed by atoms with Gasteiger partial charge in [-0.25, -0.2) is 0 Å². The summed E-state index contributed by atoms with van der Waals surface area (Å²) in [5, 5.41) is 12.0. The topological polar surface area (TPSA) is 54.2 Å². The highest BCUT2D eigenvalue weighted by Gasteiger charge is 2.09. The molecule has 0 saturated heterocycles. The van der Waals surface area contributed by atoms with E-state index in [0.29, 0.717) is 5.11 Å². The normalized spacial score (nSPS) is 10.8. The number of thiocarbonyl (C=S) groups is 1. The summed E-state index contributed by atoms with van der Waals surface area (Å²) in [6.07, 6.45) is 1.75. The number of aromatic nitrogens is 2. The maximum Gasteiger partial charge on any atom is 0.186 e. The summed E-state index contributed by atoms with van der Waals surface area (Å²) in [5.41, 5.74) is 7.01. The molecule has 1 aromatic carbocycles. The Kier molecular flexibility index (Phi) is 5.05. The maximum absolute atomic E-state index is 4.97. The summed E-state index contributed by atoms with van der Waals surface area (Å²) >= 11 is 4.97. The van der Waals surface area contributed by atoms with Crippen LogP contribution in [0.3, 0.4) is 0 Å².